The molecule has 3 N–H and O–H groups in total. The SMILES string of the molecule is Cc1cccc(CC(=O)c2ccc(C)c(Nc3nc(N4CCNCC4)nc(N4CCNCC4)n3)c2)c1. The zero-order valence-electron chi connectivity index (χ0n) is 21.0. The quantitative estimate of drug-likeness (QED) is 0.435. The van der Waals surface area contributed by atoms with Gasteiger partial charge in [-0.3, -0.25) is 4.79 Å². The minimum Gasteiger partial charge on any atom is -0.338 e. The molecule has 0 atom stereocenters. The number of benzene rings is 2. The van der Waals surface area contributed by atoms with Crippen LogP contribution in [0, 0.1) is 13.8 Å². The topological polar surface area (TPSA) is 98.3 Å². The Hall–Kier alpha value is -3.56. The van der Waals surface area contributed by atoms with E-state index in [0.717, 1.165) is 74.7 Å². The van der Waals surface area contributed by atoms with E-state index in [1.165, 1.54) is 0 Å². The summed E-state index contributed by atoms with van der Waals surface area (Å²) in [6.07, 6.45) is 0.371. The molecule has 0 aliphatic carbocycles. The largest absolute Gasteiger partial charge is 0.338 e. The van der Waals surface area contributed by atoms with Gasteiger partial charge in [-0.2, -0.15) is 15.0 Å². The number of rotatable bonds is 7. The van der Waals surface area contributed by atoms with Gasteiger partial charge in [-0.1, -0.05) is 42.0 Å². The van der Waals surface area contributed by atoms with Crippen LogP contribution >= 0.6 is 0 Å². The van der Waals surface area contributed by atoms with Gasteiger partial charge in [0.25, 0.3) is 0 Å². The molecule has 36 heavy (non-hydrogen) atoms. The number of carbonyl (C=O) groups excluding carboxylic acids is 1. The van der Waals surface area contributed by atoms with Crippen molar-refractivity contribution in [1.29, 1.82) is 0 Å². The molecule has 3 aromatic rings. The molecule has 2 aliphatic rings. The van der Waals surface area contributed by atoms with E-state index >= 15 is 0 Å². The Labute approximate surface area is 212 Å². The van der Waals surface area contributed by atoms with Gasteiger partial charge < -0.3 is 25.8 Å². The number of nitrogens with zero attached hydrogens (tertiary/aromatic N) is 5. The first-order valence-electron chi connectivity index (χ1n) is 12.7. The van der Waals surface area contributed by atoms with Crippen molar-refractivity contribution in [3.05, 3.63) is 64.7 Å². The van der Waals surface area contributed by atoms with Crippen molar-refractivity contribution in [2.24, 2.45) is 0 Å². The number of anilines is 4. The standard InChI is InChI=1S/C27H34N8O/c1-19-4-3-5-21(16-19)17-24(36)22-7-6-20(2)23(18-22)30-25-31-26(34-12-8-28-9-13-34)33-27(32-25)35-14-10-29-11-15-35/h3-7,16,18,28-29H,8-15,17H2,1-2H3,(H,30,31,32,33). The Kier molecular flexibility index (Phi) is 7.39. The van der Waals surface area contributed by atoms with Crippen molar-refractivity contribution in [2.75, 3.05) is 67.5 Å². The van der Waals surface area contributed by atoms with Crippen molar-refractivity contribution in [3.63, 3.8) is 0 Å². The fourth-order valence-electron chi connectivity index (χ4n) is 4.58. The third-order valence-electron chi connectivity index (χ3n) is 6.66. The first-order chi connectivity index (χ1) is 17.5. The number of hydrogen-bond donors (Lipinski definition) is 3. The van der Waals surface area contributed by atoms with Crippen LogP contribution in [0.1, 0.15) is 27.0 Å². The Balaban J connectivity index is 1.41. The third-order valence-corrected chi connectivity index (χ3v) is 6.66. The summed E-state index contributed by atoms with van der Waals surface area (Å²) in [6.45, 7) is 11.1. The zero-order chi connectivity index (χ0) is 24.9. The second-order valence-electron chi connectivity index (χ2n) is 9.48. The fourth-order valence-corrected chi connectivity index (χ4v) is 4.58. The average Bonchev–Trinajstić information content (AvgIpc) is 2.91. The van der Waals surface area contributed by atoms with E-state index in [2.05, 4.69) is 31.8 Å². The van der Waals surface area contributed by atoms with Gasteiger partial charge in [0.1, 0.15) is 0 Å². The summed E-state index contributed by atoms with van der Waals surface area (Å²) in [7, 11) is 0. The lowest BCUT2D eigenvalue weighted by Gasteiger charge is -2.30. The predicted molar refractivity (Wildman–Crippen MR) is 144 cm³/mol. The minimum absolute atomic E-state index is 0.0855. The summed E-state index contributed by atoms with van der Waals surface area (Å²) in [5.74, 6) is 1.96. The van der Waals surface area contributed by atoms with Crippen LogP contribution in [0.5, 0.6) is 0 Å². The number of ketones is 1. The molecule has 2 aromatic carbocycles. The molecule has 0 spiro atoms. The van der Waals surface area contributed by atoms with Gasteiger partial charge in [0, 0.05) is 70.0 Å². The van der Waals surface area contributed by atoms with Gasteiger partial charge in [0.05, 0.1) is 0 Å². The van der Waals surface area contributed by atoms with E-state index in [1.807, 2.05) is 50.2 Å². The van der Waals surface area contributed by atoms with Gasteiger partial charge >= 0.3 is 0 Å². The van der Waals surface area contributed by atoms with Crippen LogP contribution in [-0.4, -0.2) is 73.1 Å². The molecule has 2 fully saturated rings. The molecular formula is C27H34N8O. The monoisotopic (exact) mass is 486 g/mol. The minimum atomic E-state index is 0.0855. The second kappa shape index (κ2) is 11.0. The van der Waals surface area contributed by atoms with Crippen molar-refractivity contribution in [1.82, 2.24) is 25.6 Å². The van der Waals surface area contributed by atoms with Crippen LogP contribution < -0.4 is 25.8 Å². The van der Waals surface area contributed by atoms with E-state index in [9.17, 15) is 4.79 Å². The first kappa shape index (κ1) is 24.1. The van der Waals surface area contributed by atoms with Crippen molar-refractivity contribution in [2.45, 2.75) is 20.3 Å². The second-order valence-corrected chi connectivity index (χ2v) is 9.48. The number of piperazine rings is 2. The normalized spacial score (nSPS) is 16.2. The molecule has 0 radical (unpaired) electrons. The Morgan fingerprint density at radius 3 is 2.11 bits per heavy atom. The van der Waals surface area contributed by atoms with Crippen LogP contribution in [0.4, 0.5) is 23.5 Å². The van der Waals surface area contributed by atoms with Crippen molar-refractivity contribution < 1.29 is 4.79 Å². The lowest BCUT2D eigenvalue weighted by molar-refractivity contribution is 0.0993. The van der Waals surface area contributed by atoms with Crippen molar-refractivity contribution in [3.8, 4) is 0 Å². The number of nitrogens with one attached hydrogen (secondary N) is 3. The van der Waals surface area contributed by atoms with Crippen LogP contribution in [0.15, 0.2) is 42.5 Å². The predicted octanol–water partition coefficient (Wildman–Crippen LogP) is 2.48. The molecule has 0 bridgehead atoms. The number of aryl methyl sites for hydroxylation is 2. The van der Waals surface area contributed by atoms with Crippen LogP contribution in [-0.2, 0) is 6.42 Å². The molecule has 5 rings (SSSR count). The molecule has 0 unspecified atom stereocenters. The van der Waals surface area contributed by atoms with Gasteiger partial charge in [-0.05, 0) is 31.0 Å². The summed E-state index contributed by atoms with van der Waals surface area (Å²) in [6, 6.07) is 13.9. The summed E-state index contributed by atoms with van der Waals surface area (Å²) < 4.78 is 0. The smallest absolute Gasteiger partial charge is 0.233 e. The molecule has 1 aromatic heterocycles. The van der Waals surface area contributed by atoms with Gasteiger partial charge in [-0.15, -0.1) is 0 Å². The van der Waals surface area contributed by atoms with E-state index < -0.39 is 0 Å². The zero-order valence-corrected chi connectivity index (χ0v) is 21.0. The number of aromatic nitrogens is 3. The molecule has 9 heteroatoms. The number of hydrogen-bond acceptors (Lipinski definition) is 9. The lowest BCUT2D eigenvalue weighted by Crippen LogP contribution is -2.46. The number of Topliss-reactive ketones (excluding diaryl/α,β-unsaturated/α-hetero) is 1. The summed E-state index contributed by atoms with van der Waals surface area (Å²) in [5, 5.41) is 10.2. The maximum absolute atomic E-state index is 13.1. The summed E-state index contributed by atoms with van der Waals surface area (Å²) in [5.41, 5.74) is 4.70. The third kappa shape index (κ3) is 5.80. The molecule has 0 amide bonds. The van der Waals surface area contributed by atoms with Crippen LogP contribution in [0.2, 0.25) is 0 Å². The first-order valence-corrected chi connectivity index (χ1v) is 12.7. The average molecular weight is 487 g/mol. The van der Waals surface area contributed by atoms with Gasteiger partial charge in [-0.25, -0.2) is 0 Å². The molecule has 2 aliphatic heterocycles. The Bertz CT molecular complexity index is 1180. The van der Waals surface area contributed by atoms with Crippen LogP contribution in [0.3, 0.4) is 0 Å². The molecule has 9 nitrogen and oxygen atoms in total. The molecule has 188 valence electrons. The highest BCUT2D eigenvalue weighted by molar-refractivity contribution is 5.98. The van der Waals surface area contributed by atoms with Crippen LogP contribution in [0.25, 0.3) is 0 Å². The summed E-state index contributed by atoms with van der Waals surface area (Å²) in [4.78, 5) is 31.8. The molecule has 3 heterocycles. The number of carbonyl (C=O) groups is 1. The van der Waals surface area contributed by atoms with Gasteiger partial charge in [0.2, 0.25) is 17.8 Å². The fraction of sp³-hybridized carbons (Fsp3) is 0.407. The highest BCUT2D eigenvalue weighted by Gasteiger charge is 2.20. The van der Waals surface area contributed by atoms with Gasteiger partial charge in [0.15, 0.2) is 5.78 Å². The molecular weight excluding hydrogens is 452 g/mol. The van der Waals surface area contributed by atoms with Crippen molar-refractivity contribution >= 4 is 29.3 Å². The maximum Gasteiger partial charge on any atom is 0.233 e. The molecule has 2 saturated heterocycles. The Morgan fingerprint density at radius 1 is 0.861 bits per heavy atom. The van der Waals surface area contributed by atoms with E-state index in [1.54, 1.807) is 0 Å². The lowest BCUT2D eigenvalue weighted by atomic mass is 10.00. The van der Waals surface area contributed by atoms with E-state index in [4.69, 9.17) is 15.0 Å². The maximum atomic E-state index is 13.1. The highest BCUT2D eigenvalue weighted by Crippen LogP contribution is 2.24. The van der Waals surface area contributed by atoms with E-state index in [0.29, 0.717) is 29.8 Å². The Morgan fingerprint density at radius 2 is 1.50 bits per heavy atom. The molecule has 0 saturated carbocycles. The highest BCUT2D eigenvalue weighted by atomic mass is 16.1. The summed E-state index contributed by atoms with van der Waals surface area (Å²) >= 11 is 0. The van der Waals surface area contributed by atoms with E-state index in [-0.39, 0.29) is 5.78 Å².